The third kappa shape index (κ3) is 3.21. The van der Waals surface area contributed by atoms with Crippen molar-refractivity contribution >= 4 is 5.69 Å². The standard InChI is InChI=1S/C14H19N3O3/c1-10(14-12(18)4-3-5-13(14)19)16-11-8-15-17(9-11)6-7-20-2/h3-5,8-10,16,18-19H,6-7H2,1-2H3. The van der Waals surface area contributed by atoms with Crippen LogP contribution in [0.1, 0.15) is 18.5 Å². The summed E-state index contributed by atoms with van der Waals surface area (Å²) in [5.41, 5.74) is 1.29. The average Bonchev–Trinajstić information content (AvgIpc) is 2.83. The van der Waals surface area contributed by atoms with Gasteiger partial charge in [0, 0.05) is 13.3 Å². The average molecular weight is 277 g/mol. The Morgan fingerprint density at radius 1 is 1.35 bits per heavy atom. The van der Waals surface area contributed by atoms with Crippen molar-refractivity contribution in [3.8, 4) is 11.5 Å². The molecule has 1 unspecified atom stereocenters. The fourth-order valence-electron chi connectivity index (χ4n) is 2.05. The summed E-state index contributed by atoms with van der Waals surface area (Å²) in [6.07, 6.45) is 3.55. The first kappa shape index (κ1) is 14.2. The van der Waals surface area contributed by atoms with Crippen LogP contribution in [0, 0.1) is 0 Å². The van der Waals surface area contributed by atoms with Gasteiger partial charge in [0.2, 0.25) is 0 Å². The van der Waals surface area contributed by atoms with Gasteiger partial charge in [-0.15, -0.1) is 0 Å². The molecule has 1 atom stereocenters. The largest absolute Gasteiger partial charge is 0.507 e. The Hall–Kier alpha value is -2.21. The van der Waals surface area contributed by atoms with Crippen LogP contribution in [0.2, 0.25) is 0 Å². The lowest BCUT2D eigenvalue weighted by Gasteiger charge is -2.16. The zero-order chi connectivity index (χ0) is 14.5. The third-order valence-corrected chi connectivity index (χ3v) is 3.03. The first-order chi connectivity index (χ1) is 9.61. The molecule has 108 valence electrons. The van der Waals surface area contributed by atoms with E-state index < -0.39 is 0 Å². The molecule has 0 saturated heterocycles. The number of nitrogens with zero attached hydrogens (tertiary/aromatic N) is 2. The molecule has 0 radical (unpaired) electrons. The van der Waals surface area contributed by atoms with E-state index in [0.717, 1.165) is 5.69 Å². The van der Waals surface area contributed by atoms with E-state index in [1.54, 1.807) is 36.2 Å². The van der Waals surface area contributed by atoms with Crippen molar-refractivity contribution in [2.75, 3.05) is 19.0 Å². The molecular formula is C14H19N3O3. The smallest absolute Gasteiger partial charge is 0.124 e. The number of benzene rings is 1. The monoisotopic (exact) mass is 277 g/mol. The number of nitrogens with one attached hydrogen (secondary N) is 1. The van der Waals surface area contributed by atoms with Crippen LogP contribution < -0.4 is 5.32 Å². The molecule has 0 amide bonds. The number of aromatic nitrogens is 2. The van der Waals surface area contributed by atoms with Gasteiger partial charge in [0.1, 0.15) is 11.5 Å². The quantitative estimate of drug-likeness (QED) is 0.753. The minimum atomic E-state index is -0.240. The highest BCUT2D eigenvalue weighted by Crippen LogP contribution is 2.33. The van der Waals surface area contributed by atoms with Gasteiger partial charge in [-0.25, -0.2) is 0 Å². The summed E-state index contributed by atoms with van der Waals surface area (Å²) >= 11 is 0. The van der Waals surface area contributed by atoms with Crippen molar-refractivity contribution in [2.24, 2.45) is 0 Å². The Kier molecular flexibility index (Phi) is 4.47. The molecule has 6 heteroatoms. The first-order valence-electron chi connectivity index (χ1n) is 6.40. The molecule has 20 heavy (non-hydrogen) atoms. The first-order valence-corrected chi connectivity index (χ1v) is 6.40. The zero-order valence-electron chi connectivity index (χ0n) is 11.6. The van der Waals surface area contributed by atoms with Crippen LogP contribution in [0.3, 0.4) is 0 Å². The molecular weight excluding hydrogens is 258 g/mol. The molecule has 2 aromatic rings. The molecule has 0 bridgehead atoms. The Morgan fingerprint density at radius 3 is 2.70 bits per heavy atom. The summed E-state index contributed by atoms with van der Waals surface area (Å²) < 4.78 is 6.76. The molecule has 2 rings (SSSR count). The van der Waals surface area contributed by atoms with Crippen molar-refractivity contribution in [2.45, 2.75) is 19.5 Å². The number of anilines is 1. The van der Waals surface area contributed by atoms with Crippen LogP contribution in [0.5, 0.6) is 11.5 Å². The molecule has 0 saturated carbocycles. The highest BCUT2D eigenvalue weighted by Gasteiger charge is 2.15. The van der Waals surface area contributed by atoms with Gasteiger partial charge >= 0.3 is 0 Å². The third-order valence-electron chi connectivity index (χ3n) is 3.03. The van der Waals surface area contributed by atoms with Crippen molar-refractivity contribution < 1.29 is 14.9 Å². The van der Waals surface area contributed by atoms with Crippen LogP contribution in [-0.2, 0) is 11.3 Å². The Morgan fingerprint density at radius 2 is 2.05 bits per heavy atom. The molecule has 1 aromatic heterocycles. The second-order valence-electron chi connectivity index (χ2n) is 4.56. The fraction of sp³-hybridized carbons (Fsp3) is 0.357. The summed E-state index contributed by atoms with van der Waals surface area (Å²) in [5.74, 6) is 0.133. The Bertz CT molecular complexity index is 548. The number of phenols is 2. The van der Waals surface area contributed by atoms with E-state index in [1.165, 1.54) is 0 Å². The number of aromatic hydroxyl groups is 2. The van der Waals surface area contributed by atoms with Crippen molar-refractivity contribution in [3.05, 3.63) is 36.2 Å². The molecule has 0 aliphatic heterocycles. The van der Waals surface area contributed by atoms with Gasteiger partial charge in [-0.3, -0.25) is 4.68 Å². The lowest BCUT2D eigenvalue weighted by molar-refractivity contribution is 0.183. The maximum atomic E-state index is 9.82. The Balaban J connectivity index is 2.07. The summed E-state index contributed by atoms with van der Waals surface area (Å²) in [4.78, 5) is 0. The number of hydrogen-bond donors (Lipinski definition) is 3. The SMILES string of the molecule is COCCn1cc(NC(C)c2c(O)cccc2O)cn1. The van der Waals surface area contributed by atoms with Gasteiger partial charge in [-0.05, 0) is 19.1 Å². The van der Waals surface area contributed by atoms with Gasteiger partial charge in [-0.1, -0.05) is 6.07 Å². The summed E-state index contributed by atoms with van der Waals surface area (Å²) in [7, 11) is 1.64. The maximum absolute atomic E-state index is 9.82. The highest BCUT2D eigenvalue weighted by molar-refractivity contribution is 5.50. The summed E-state index contributed by atoms with van der Waals surface area (Å²) in [6, 6.07) is 4.46. The van der Waals surface area contributed by atoms with Crippen LogP contribution >= 0.6 is 0 Å². The molecule has 3 N–H and O–H groups in total. The highest BCUT2D eigenvalue weighted by atomic mass is 16.5. The van der Waals surface area contributed by atoms with Crippen LogP contribution in [0.15, 0.2) is 30.6 Å². The lowest BCUT2D eigenvalue weighted by atomic mass is 10.1. The molecule has 1 heterocycles. The van der Waals surface area contributed by atoms with E-state index in [2.05, 4.69) is 10.4 Å². The Labute approximate surface area is 117 Å². The van der Waals surface area contributed by atoms with E-state index in [9.17, 15) is 10.2 Å². The zero-order valence-corrected chi connectivity index (χ0v) is 11.6. The fourth-order valence-corrected chi connectivity index (χ4v) is 2.05. The number of phenolic OH excluding ortho intramolecular Hbond substituents is 2. The van der Waals surface area contributed by atoms with Gasteiger partial charge in [0.15, 0.2) is 0 Å². The van der Waals surface area contributed by atoms with Gasteiger partial charge in [0.05, 0.1) is 36.6 Å². The second-order valence-corrected chi connectivity index (χ2v) is 4.56. The molecule has 0 spiro atoms. The normalized spacial score (nSPS) is 12.3. The van der Waals surface area contributed by atoms with Gasteiger partial charge in [-0.2, -0.15) is 5.10 Å². The van der Waals surface area contributed by atoms with Crippen molar-refractivity contribution in [1.29, 1.82) is 0 Å². The number of hydrogen-bond acceptors (Lipinski definition) is 5. The second kappa shape index (κ2) is 6.29. The molecule has 0 fully saturated rings. The molecule has 0 aliphatic carbocycles. The molecule has 6 nitrogen and oxygen atoms in total. The van der Waals surface area contributed by atoms with E-state index in [4.69, 9.17) is 4.74 Å². The maximum Gasteiger partial charge on any atom is 0.124 e. The van der Waals surface area contributed by atoms with Crippen molar-refractivity contribution in [1.82, 2.24) is 9.78 Å². The molecule has 1 aromatic carbocycles. The van der Waals surface area contributed by atoms with E-state index in [-0.39, 0.29) is 17.5 Å². The number of ether oxygens (including phenoxy) is 1. The van der Waals surface area contributed by atoms with Crippen LogP contribution in [-0.4, -0.2) is 33.7 Å². The van der Waals surface area contributed by atoms with Crippen LogP contribution in [0.25, 0.3) is 0 Å². The van der Waals surface area contributed by atoms with E-state index >= 15 is 0 Å². The number of rotatable bonds is 6. The minimum Gasteiger partial charge on any atom is -0.507 e. The predicted octanol–water partition coefficient (Wildman–Crippen LogP) is 2.11. The predicted molar refractivity (Wildman–Crippen MR) is 75.9 cm³/mol. The summed E-state index contributed by atoms with van der Waals surface area (Å²) in [6.45, 7) is 3.13. The topological polar surface area (TPSA) is 79.5 Å². The van der Waals surface area contributed by atoms with E-state index in [0.29, 0.717) is 18.7 Å². The van der Waals surface area contributed by atoms with Crippen molar-refractivity contribution in [3.63, 3.8) is 0 Å². The summed E-state index contributed by atoms with van der Waals surface area (Å²) in [5, 5.41) is 27.0. The van der Waals surface area contributed by atoms with E-state index in [1.807, 2.05) is 13.1 Å². The lowest BCUT2D eigenvalue weighted by Crippen LogP contribution is -2.07. The van der Waals surface area contributed by atoms with Gasteiger partial charge in [0.25, 0.3) is 0 Å². The molecule has 0 aliphatic rings. The van der Waals surface area contributed by atoms with Gasteiger partial charge < -0.3 is 20.3 Å². The van der Waals surface area contributed by atoms with Crippen LogP contribution in [0.4, 0.5) is 5.69 Å². The number of methoxy groups -OCH3 is 1. The minimum absolute atomic E-state index is 0.0665.